The molecule has 1 fully saturated rings. The quantitative estimate of drug-likeness (QED) is 0.587. The first kappa shape index (κ1) is 21.4. The lowest BCUT2D eigenvalue weighted by Crippen LogP contribution is -2.58. The molecule has 2 aliphatic rings. The number of hydrogen-bond donors (Lipinski definition) is 0. The maximum atomic E-state index is 14.3. The molecule has 34 heavy (non-hydrogen) atoms. The first-order valence-corrected chi connectivity index (χ1v) is 10.4. The second-order valence-electron chi connectivity index (χ2n) is 7.93. The molecule has 12 heteroatoms. The number of aryl methyl sites for hydroxylation is 1. The van der Waals surface area contributed by atoms with Crippen LogP contribution in [0.15, 0.2) is 41.8 Å². The number of amides is 2. The van der Waals surface area contributed by atoms with Gasteiger partial charge in [0, 0.05) is 25.7 Å². The summed E-state index contributed by atoms with van der Waals surface area (Å²) in [4.78, 5) is 19.9. The predicted octanol–water partition coefficient (Wildman–Crippen LogP) is 2.64. The van der Waals surface area contributed by atoms with Crippen molar-refractivity contribution in [2.75, 3.05) is 13.1 Å². The Hall–Kier alpha value is -4.40. The van der Waals surface area contributed by atoms with Crippen molar-refractivity contribution < 1.29 is 18.3 Å². The van der Waals surface area contributed by atoms with Crippen LogP contribution in [0, 0.1) is 23.0 Å². The summed E-state index contributed by atoms with van der Waals surface area (Å²) >= 11 is 0. The lowest BCUT2D eigenvalue weighted by molar-refractivity contribution is 0.0257. The van der Waals surface area contributed by atoms with Gasteiger partial charge in [0.2, 0.25) is 0 Å². The molecular formula is C22H18F2N8O2. The van der Waals surface area contributed by atoms with Gasteiger partial charge in [-0.2, -0.15) is 25.4 Å². The molecule has 0 N–H and O–H groups in total. The number of pyridine rings is 1. The molecule has 0 saturated carbocycles. The van der Waals surface area contributed by atoms with Gasteiger partial charge in [-0.1, -0.05) is 0 Å². The molecule has 1 aromatic carbocycles. The number of rotatable bonds is 4. The minimum atomic E-state index is -0.624. The molecule has 1 atom stereocenters. The Balaban J connectivity index is 1.24. The third-order valence-electron chi connectivity index (χ3n) is 5.55. The third kappa shape index (κ3) is 4.03. The zero-order valence-electron chi connectivity index (χ0n) is 18.0. The van der Waals surface area contributed by atoms with Crippen molar-refractivity contribution in [3.8, 4) is 23.2 Å². The number of carbonyl (C=O) groups is 1. The number of nitrogens with zero attached hydrogens (tertiary/aromatic N) is 8. The molecule has 0 aliphatic carbocycles. The zero-order chi connectivity index (χ0) is 23.8. The Kier molecular flexibility index (Phi) is 5.37. The molecule has 5 rings (SSSR count). The Labute approximate surface area is 192 Å². The Morgan fingerprint density at radius 2 is 2.00 bits per heavy atom. The van der Waals surface area contributed by atoms with E-state index in [4.69, 9.17) is 10.00 Å². The van der Waals surface area contributed by atoms with Crippen LogP contribution in [0.5, 0.6) is 5.75 Å². The normalized spacial score (nSPS) is 17.5. The molecule has 0 bridgehead atoms. The van der Waals surface area contributed by atoms with E-state index in [2.05, 4.69) is 20.3 Å². The summed E-state index contributed by atoms with van der Waals surface area (Å²) in [7, 11) is 1.66. The second kappa shape index (κ2) is 8.51. The highest BCUT2D eigenvalue weighted by Crippen LogP contribution is 2.32. The third-order valence-corrected chi connectivity index (χ3v) is 5.55. The monoisotopic (exact) mass is 464 g/mol. The van der Waals surface area contributed by atoms with Gasteiger partial charge in [0.15, 0.2) is 11.6 Å². The molecule has 0 radical (unpaired) electrons. The predicted molar refractivity (Wildman–Crippen MR) is 114 cm³/mol. The minimum Gasteiger partial charge on any atom is -0.483 e. The van der Waals surface area contributed by atoms with Crippen LogP contribution in [-0.2, 0) is 7.05 Å². The summed E-state index contributed by atoms with van der Waals surface area (Å²) in [5.41, 5.74) is 1.56. The van der Waals surface area contributed by atoms with Crippen LogP contribution in [0.4, 0.5) is 13.6 Å². The fraction of sp³-hybridized carbons (Fsp3) is 0.273. The molecule has 172 valence electrons. The molecule has 4 heterocycles. The van der Waals surface area contributed by atoms with Gasteiger partial charge in [0.1, 0.15) is 17.6 Å². The summed E-state index contributed by atoms with van der Waals surface area (Å²) in [5.74, 6) is -1.17. The van der Waals surface area contributed by atoms with Crippen LogP contribution in [-0.4, -0.2) is 61.3 Å². The fourth-order valence-corrected chi connectivity index (χ4v) is 3.85. The topological polar surface area (TPSA) is 113 Å². The number of hydrogen-bond acceptors (Lipinski definition) is 7. The highest BCUT2D eigenvalue weighted by Gasteiger charge is 2.39. The summed E-state index contributed by atoms with van der Waals surface area (Å²) in [6.45, 7) is 0.457. The van der Waals surface area contributed by atoms with Crippen LogP contribution in [0.3, 0.4) is 0 Å². The number of benzene rings is 1. The highest BCUT2D eigenvalue weighted by atomic mass is 19.1. The van der Waals surface area contributed by atoms with Gasteiger partial charge in [-0.05, 0) is 23.8 Å². The van der Waals surface area contributed by atoms with Gasteiger partial charge >= 0.3 is 6.03 Å². The molecule has 2 aromatic heterocycles. The Bertz CT molecular complexity index is 1330. The van der Waals surface area contributed by atoms with E-state index in [1.165, 1.54) is 33.0 Å². The van der Waals surface area contributed by atoms with E-state index >= 15 is 0 Å². The molecule has 0 spiro atoms. The lowest BCUT2D eigenvalue weighted by atomic mass is 10.0. The van der Waals surface area contributed by atoms with E-state index in [-0.39, 0.29) is 30.4 Å². The summed E-state index contributed by atoms with van der Waals surface area (Å²) in [6.07, 6.45) is 4.13. The maximum Gasteiger partial charge on any atom is 0.341 e. The van der Waals surface area contributed by atoms with Crippen molar-refractivity contribution >= 4 is 12.2 Å². The summed E-state index contributed by atoms with van der Waals surface area (Å²) in [5, 5.41) is 22.6. The number of likely N-dealkylation sites (tertiary alicyclic amines) is 1. The first-order valence-electron chi connectivity index (χ1n) is 10.4. The van der Waals surface area contributed by atoms with E-state index in [0.29, 0.717) is 23.4 Å². The zero-order valence-corrected chi connectivity index (χ0v) is 18.0. The molecular weight excluding hydrogens is 446 g/mol. The van der Waals surface area contributed by atoms with Gasteiger partial charge < -0.3 is 9.64 Å². The van der Waals surface area contributed by atoms with Gasteiger partial charge in [-0.3, -0.25) is 4.98 Å². The SMILES string of the molecule is Cn1ncc(-c2cc(OC3CN(C(=O)N4N=CCC4c4cc(F)cc(C#N)c4)C3)c(F)cn2)n1. The van der Waals surface area contributed by atoms with Crippen molar-refractivity contribution in [3.05, 3.63) is 59.4 Å². The average molecular weight is 464 g/mol. The molecule has 3 aromatic rings. The minimum absolute atomic E-state index is 0.00798. The smallest absolute Gasteiger partial charge is 0.341 e. The first-order chi connectivity index (χ1) is 16.4. The van der Waals surface area contributed by atoms with Gasteiger partial charge in [0.25, 0.3) is 0 Å². The van der Waals surface area contributed by atoms with Gasteiger partial charge in [-0.25, -0.2) is 18.6 Å². The molecule has 2 amide bonds. The van der Waals surface area contributed by atoms with Crippen LogP contribution in [0.2, 0.25) is 0 Å². The molecule has 1 saturated heterocycles. The van der Waals surface area contributed by atoms with Gasteiger partial charge in [0.05, 0.1) is 48.9 Å². The number of ether oxygens (including phenoxy) is 1. The van der Waals surface area contributed by atoms with Crippen molar-refractivity contribution in [1.29, 1.82) is 5.26 Å². The lowest BCUT2D eigenvalue weighted by Gasteiger charge is -2.41. The summed E-state index contributed by atoms with van der Waals surface area (Å²) in [6, 6.07) is 6.45. The van der Waals surface area contributed by atoms with E-state index in [1.807, 2.05) is 6.07 Å². The maximum absolute atomic E-state index is 14.3. The fourth-order valence-electron chi connectivity index (χ4n) is 3.85. The van der Waals surface area contributed by atoms with Crippen LogP contribution >= 0.6 is 0 Å². The Morgan fingerprint density at radius 1 is 1.18 bits per heavy atom. The van der Waals surface area contributed by atoms with E-state index in [0.717, 1.165) is 12.3 Å². The highest BCUT2D eigenvalue weighted by molar-refractivity contribution is 5.79. The number of urea groups is 1. The van der Waals surface area contributed by atoms with Crippen molar-refractivity contribution in [2.24, 2.45) is 12.1 Å². The van der Waals surface area contributed by atoms with Crippen molar-refractivity contribution in [2.45, 2.75) is 18.6 Å². The van der Waals surface area contributed by atoms with Crippen LogP contribution in [0.1, 0.15) is 23.6 Å². The van der Waals surface area contributed by atoms with Crippen molar-refractivity contribution in [1.82, 2.24) is 29.9 Å². The number of hydrazone groups is 1. The summed E-state index contributed by atoms with van der Waals surface area (Å²) < 4.78 is 33.9. The van der Waals surface area contributed by atoms with E-state index < -0.39 is 23.8 Å². The van der Waals surface area contributed by atoms with Crippen LogP contribution < -0.4 is 4.74 Å². The second-order valence-corrected chi connectivity index (χ2v) is 7.93. The van der Waals surface area contributed by atoms with Crippen molar-refractivity contribution in [3.63, 3.8) is 0 Å². The molecule has 2 aliphatic heterocycles. The number of carbonyl (C=O) groups excluding carboxylic acids is 1. The number of halogens is 2. The van der Waals surface area contributed by atoms with E-state index in [1.54, 1.807) is 19.3 Å². The largest absolute Gasteiger partial charge is 0.483 e. The number of aromatic nitrogens is 4. The van der Waals surface area contributed by atoms with E-state index in [9.17, 15) is 13.6 Å². The molecule has 10 nitrogen and oxygen atoms in total. The standard InChI is InChI=1S/C22H18F2N8O2/c1-30-28-10-19(29-30)18-7-21(17(24)9-26-18)34-16-11-31(12-16)22(33)32-20(2-3-27-32)14-4-13(8-25)5-15(23)6-14/h3-7,9-10,16,20H,2,11-12H2,1H3. The average Bonchev–Trinajstić information content (AvgIpc) is 3.45. The molecule has 1 unspecified atom stereocenters. The Morgan fingerprint density at radius 3 is 2.74 bits per heavy atom. The number of nitriles is 1. The van der Waals surface area contributed by atoms with Gasteiger partial charge in [-0.15, -0.1) is 0 Å². The van der Waals surface area contributed by atoms with Crippen LogP contribution in [0.25, 0.3) is 11.4 Å².